The average Bonchev–Trinajstić information content (AvgIpc) is 3.34. The van der Waals surface area contributed by atoms with Crippen LogP contribution < -0.4 is 0 Å². The van der Waals surface area contributed by atoms with Crippen molar-refractivity contribution in [3.63, 3.8) is 0 Å². The molecule has 0 bridgehead atoms. The highest BCUT2D eigenvalue weighted by molar-refractivity contribution is 5.71. The van der Waals surface area contributed by atoms with Crippen LogP contribution in [0.1, 0.15) is 245 Å². The van der Waals surface area contributed by atoms with E-state index in [-0.39, 0.29) is 31.1 Å². The Bertz CT molecular complexity index is 1410. The first-order chi connectivity index (χ1) is 33.5. The van der Waals surface area contributed by atoms with Crippen LogP contribution in [0.2, 0.25) is 0 Å². The minimum absolute atomic E-state index is 0.102. The van der Waals surface area contributed by atoms with E-state index in [1.54, 1.807) is 0 Å². The van der Waals surface area contributed by atoms with E-state index in [1.165, 1.54) is 83.5 Å². The van der Waals surface area contributed by atoms with Gasteiger partial charge in [0.25, 0.3) is 0 Å². The van der Waals surface area contributed by atoms with Crippen LogP contribution in [0, 0.1) is 0 Å². The van der Waals surface area contributed by atoms with Crippen LogP contribution in [0.3, 0.4) is 0 Å². The van der Waals surface area contributed by atoms with E-state index >= 15 is 0 Å². The molecule has 68 heavy (non-hydrogen) atoms. The van der Waals surface area contributed by atoms with Crippen LogP contribution in [-0.2, 0) is 28.6 Å². The van der Waals surface area contributed by atoms with Gasteiger partial charge in [-0.3, -0.25) is 14.4 Å². The fraction of sp³-hybridized carbons (Fsp3) is 0.661. The fourth-order valence-electron chi connectivity index (χ4n) is 7.42. The third-order valence-corrected chi connectivity index (χ3v) is 11.6. The first-order valence-corrected chi connectivity index (χ1v) is 28.0. The predicted molar refractivity (Wildman–Crippen MR) is 293 cm³/mol. The Balaban J connectivity index is 4.49. The number of hydrogen-bond donors (Lipinski definition) is 0. The lowest BCUT2D eigenvalue weighted by molar-refractivity contribution is -0.167. The minimum Gasteiger partial charge on any atom is -0.462 e. The van der Waals surface area contributed by atoms with Gasteiger partial charge in [0.15, 0.2) is 6.10 Å². The van der Waals surface area contributed by atoms with Crippen molar-refractivity contribution in [1.82, 2.24) is 0 Å². The van der Waals surface area contributed by atoms with Gasteiger partial charge in [-0.05, 0) is 96.3 Å². The molecule has 1 atom stereocenters. The lowest BCUT2D eigenvalue weighted by atomic mass is 10.1. The molecule has 0 aliphatic rings. The standard InChI is InChI=1S/C62H102O6/c1-4-7-10-13-16-19-22-25-28-30-32-34-37-40-43-46-49-52-55-61(64)67-58-59(57-66-60(63)54-51-48-45-42-39-36-33-27-24-21-18-15-12-9-6-3)68-62(65)56-53-50-47-44-41-38-35-31-29-26-23-20-17-14-11-8-5-2/h9,12,15,17-18,20-22,24-30,32-34,59H,4-8,10-11,13-14,16,19,23,31,35-58H2,1-3H3/b12-9-,18-15-,20-17-,24-21-,25-22-,29-26-,30-28-,33-27-,34-32-. The summed E-state index contributed by atoms with van der Waals surface area (Å²) in [5, 5.41) is 0. The number of rotatable bonds is 49. The van der Waals surface area contributed by atoms with E-state index in [4.69, 9.17) is 14.2 Å². The Morgan fingerprint density at radius 1 is 0.324 bits per heavy atom. The number of carbonyl (C=O) groups is 3. The number of allylic oxidation sites excluding steroid dienone is 18. The van der Waals surface area contributed by atoms with Crippen LogP contribution in [0.15, 0.2) is 109 Å². The largest absolute Gasteiger partial charge is 0.462 e. The SMILES string of the molecule is CC\C=C/C=C\C=C/C=C\CCCCCCCC(=O)OCC(COC(=O)CCCCCCC\C=C/C=C\C=C/CCCCCCC)OC(=O)CCCCCCCCC/C=C\C/C=C\CCCCC. The molecule has 0 amide bonds. The number of unbranched alkanes of at least 4 members (excludes halogenated alkanes) is 25. The summed E-state index contributed by atoms with van der Waals surface area (Å²) in [6.45, 7) is 6.41. The summed E-state index contributed by atoms with van der Waals surface area (Å²) in [6.07, 6.45) is 74.9. The van der Waals surface area contributed by atoms with Crippen LogP contribution in [-0.4, -0.2) is 37.2 Å². The normalized spacial score (nSPS) is 12.9. The summed E-state index contributed by atoms with van der Waals surface area (Å²) in [7, 11) is 0. The molecule has 1 unspecified atom stereocenters. The number of esters is 3. The van der Waals surface area contributed by atoms with Gasteiger partial charge < -0.3 is 14.2 Å². The van der Waals surface area contributed by atoms with Crippen molar-refractivity contribution in [1.29, 1.82) is 0 Å². The molecule has 0 spiro atoms. The maximum absolute atomic E-state index is 12.8. The molecule has 0 radical (unpaired) electrons. The topological polar surface area (TPSA) is 78.9 Å². The Hall–Kier alpha value is -3.93. The van der Waals surface area contributed by atoms with Crippen LogP contribution in [0.4, 0.5) is 0 Å². The van der Waals surface area contributed by atoms with Crippen molar-refractivity contribution in [2.75, 3.05) is 13.2 Å². The van der Waals surface area contributed by atoms with Gasteiger partial charge in [-0.25, -0.2) is 0 Å². The summed E-state index contributed by atoms with van der Waals surface area (Å²) in [4.78, 5) is 38.1. The molecule has 0 aliphatic heterocycles. The molecular formula is C62H102O6. The van der Waals surface area contributed by atoms with Crippen LogP contribution >= 0.6 is 0 Å². The van der Waals surface area contributed by atoms with Gasteiger partial charge in [0.2, 0.25) is 0 Å². The molecule has 0 saturated heterocycles. The van der Waals surface area contributed by atoms with Gasteiger partial charge in [0.1, 0.15) is 13.2 Å². The van der Waals surface area contributed by atoms with E-state index in [0.717, 1.165) is 122 Å². The Labute approximate surface area is 419 Å². The molecule has 0 heterocycles. The summed E-state index contributed by atoms with van der Waals surface area (Å²) in [6, 6.07) is 0. The second kappa shape index (κ2) is 55.7. The van der Waals surface area contributed by atoms with Crippen molar-refractivity contribution in [2.45, 2.75) is 252 Å². The van der Waals surface area contributed by atoms with Gasteiger partial charge in [-0.1, -0.05) is 239 Å². The molecule has 0 aromatic rings. The molecule has 0 rings (SSSR count). The zero-order valence-corrected chi connectivity index (χ0v) is 44.1. The third-order valence-electron chi connectivity index (χ3n) is 11.6. The monoisotopic (exact) mass is 943 g/mol. The van der Waals surface area contributed by atoms with E-state index in [0.29, 0.717) is 19.3 Å². The lowest BCUT2D eigenvalue weighted by Gasteiger charge is -2.18. The van der Waals surface area contributed by atoms with Crippen molar-refractivity contribution >= 4 is 17.9 Å². The Morgan fingerprint density at radius 2 is 0.632 bits per heavy atom. The van der Waals surface area contributed by atoms with E-state index in [2.05, 4.69) is 112 Å². The zero-order valence-electron chi connectivity index (χ0n) is 44.1. The third kappa shape index (κ3) is 53.0. The molecular weight excluding hydrogens is 841 g/mol. The molecule has 0 aromatic carbocycles. The Kier molecular flexibility index (Phi) is 52.4. The van der Waals surface area contributed by atoms with E-state index < -0.39 is 6.10 Å². The maximum atomic E-state index is 12.8. The first-order valence-electron chi connectivity index (χ1n) is 28.0. The summed E-state index contributed by atoms with van der Waals surface area (Å²) >= 11 is 0. The minimum atomic E-state index is -0.803. The second-order valence-electron chi connectivity index (χ2n) is 18.3. The number of ether oxygens (including phenoxy) is 3. The van der Waals surface area contributed by atoms with Crippen LogP contribution in [0.5, 0.6) is 0 Å². The van der Waals surface area contributed by atoms with Gasteiger partial charge in [-0.15, -0.1) is 0 Å². The van der Waals surface area contributed by atoms with Crippen molar-refractivity contribution in [3.05, 3.63) is 109 Å². The van der Waals surface area contributed by atoms with Gasteiger partial charge >= 0.3 is 17.9 Å². The predicted octanol–water partition coefficient (Wildman–Crippen LogP) is 18.7. The highest BCUT2D eigenvalue weighted by atomic mass is 16.6. The average molecular weight is 943 g/mol. The quantitative estimate of drug-likeness (QED) is 0.0199. The summed E-state index contributed by atoms with van der Waals surface area (Å²) < 4.78 is 16.8. The molecule has 6 heteroatoms. The van der Waals surface area contributed by atoms with Gasteiger partial charge in [0, 0.05) is 19.3 Å². The van der Waals surface area contributed by atoms with Crippen LogP contribution in [0.25, 0.3) is 0 Å². The fourth-order valence-corrected chi connectivity index (χ4v) is 7.42. The van der Waals surface area contributed by atoms with Gasteiger partial charge in [-0.2, -0.15) is 0 Å². The molecule has 0 aromatic heterocycles. The van der Waals surface area contributed by atoms with E-state index in [9.17, 15) is 14.4 Å². The summed E-state index contributed by atoms with van der Waals surface area (Å²) in [5.74, 6) is -0.951. The first kappa shape index (κ1) is 64.1. The number of hydrogen-bond acceptors (Lipinski definition) is 6. The summed E-state index contributed by atoms with van der Waals surface area (Å²) in [5.41, 5.74) is 0. The molecule has 0 fully saturated rings. The smallest absolute Gasteiger partial charge is 0.306 e. The zero-order chi connectivity index (χ0) is 49.3. The highest BCUT2D eigenvalue weighted by Crippen LogP contribution is 2.14. The van der Waals surface area contributed by atoms with Gasteiger partial charge in [0.05, 0.1) is 0 Å². The highest BCUT2D eigenvalue weighted by Gasteiger charge is 2.19. The molecule has 386 valence electrons. The molecule has 0 aliphatic carbocycles. The maximum Gasteiger partial charge on any atom is 0.306 e. The van der Waals surface area contributed by atoms with Crippen molar-refractivity contribution in [3.8, 4) is 0 Å². The number of carbonyl (C=O) groups excluding carboxylic acids is 3. The molecule has 0 N–H and O–H groups in total. The Morgan fingerprint density at radius 3 is 1.04 bits per heavy atom. The van der Waals surface area contributed by atoms with E-state index in [1.807, 2.05) is 18.2 Å². The molecule has 0 saturated carbocycles. The second-order valence-corrected chi connectivity index (χ2v) is 18.3. The molecule has 6 nitrogen and oxygen atoms in total. The van der Waals surface area contributed by atoms with Crippen molar-refractivity contribution < 1.29 is 28.6 Å². The van der Waals surface area contributed by atoms with Crippen molar-refractivity contribution in [2.24, 2.45) is 0 Å². The lowest BCUT2D eigenvalue weighted by Crippen LogP contribution is -2.30.